The fourth-order valence-electron chi connectivity index (χ4n) is 1.80. The molecule has 0 aliphatic heterocycles. The summed E-state index contributed by atoms with van der Waals surface area (Å²) in [5.41, 5.74) is 5.96. The van der Waals surface area contributed by atoms with E-state index in [2.05, 4.69) is 0 Å². The van der Waals surface area contributed by atoms with Crippen molar-refractivity contribution in [1.29, 1.82) is 0 Å². The summed E-state index contributed by atoms with van der Waals surface area (Å²) in [5.74, 6) is -0.166. The van der Waals surface area contributed by atoms with Crippen LogP contribution >= 0.6 is 0 Å². The molecule has 2 aromatic rings. The maximum absolute atomic E-state index is 12.1. The summed E-state index contributed by atoms with van der Waals surface area (Å²) in [4.78, 5) is 10.1. The Morgan fingerprint density at radius 3 is 2.36 bits per heavy atom. The molecule has 0 spiro atoms. The highest BCUT2D eigenvalue weighted by molar-refractivity contribution is 7.87. The Balaban J connectivity index is 2.32. The van der Waals surface area contributed by atoms with Crippen LogP contribution in [0.3, 0.4) is 0 Å². The third-order valence-corrected chi connectivity index (χ3v) is 4.29. The number of anilines is 1. The molecular weight excluding hydrogens is 308 g/mol. The molecule has 0 atom stereocenters. The predicted octanol–water partition coefficient (Wildman–Crippen LogP) is 2.51. The highest BCUT2D eigenvalue weighted by atomic mass is 32.2. The molecule has 0 saturated carbocycles. The van der Waals surface area contributed by atoms with Crippen molar-refractivity contribution in [3.63, 3.8) is 0 Å². The number of nitro benzene ring substituents is 1. The first-order chi connectivity index (χ1) is 10.3. The van der Waals surface area contributed by atoms with Crippen molar-refractivity contribution in [2.24, 2.45) is 0 Å². The van der Waals surface area contributed by atoms with E-state index in [0.717, 1.165) is 18.1 Å². The van der Waals surface area contributed by atoms with E-state index in [9.17, 15) is 18.5 Å². The Morgan fingerprint density at radius 1 is 1.18 bits per heavy atom. The lowest BCUT2D eigenvalue weighted by molar-refractivity contribution is -0.383. The molecule has 22 heavy (non-hydrogen) atoms. The molecule has 0 amide bonds. The summed E-state index contributed by atoms with van der Waals surface area (Å²) in [6, 6.07) is 9.69. The highest BCUT2D eigenvalue weighted by Gasteiger charge is 2.19. The molecule has 0 aliphatic carbocycles. The standard InChI is InChI=1S/C14H14N2O5S/c1-2-10-3-6-12(7-4-10)22(19,20)21-11-5-8-13(15)14(9-11)16(17)18/h3-9H,2,15H2,1H3. The first kappa shape index (κ1) is 15.8. The van der Waals surface area contributed by atoms with Crippen LogP contribution in [0.15, 0.2) is 47.4 Å². The Hall–Kier alpha value is -2.61. The number of rotatable bonds is 5. The molecule has 7 nitrogen and oxygen atoms in total. The Morgan fingerprint density at radius 2 is 1.82 bits per heavy atom. The minimum atomic E-state index is -4.06. The maximum atomic E-state index is 12.1. The van der Waals surface area contributed by atoms with Gasteiger partial charge in [0.2, 0.25) is 0 Å². The van der Waals surface area contributed by atoms with Crippen LogP contribution in [0.1, 0.15) is 12.5 Å². The molecule has 116 valence electrons. The average Bonchev–Trinajstić information content (AvgIpc) is 2.48. The van der Waals surface area contributed by atoms with Crippen molar-refractivity contribution in [1.82, 2.24) is 0 Å². The minimum Gasteiger partial charge on any atom is -0.393 e. The second-order valence-electron chi connectivity index (χ2n) is 4.51. The number of benzene rings is 2. The van der Waals surface area contributed by atoms with Gasteiger partial charge in [-0.25, -0.2) is 0 Å². The molecule has 2 aromatic carbocycles. The lowest BCUT2D eigenvalue weighted by Gasteiger charge is -2.08. The number of nitrogens with zero attached hydrogens (tertiary/aromatic N) is 1. The predicted molar refractivity (Wildman–Crippen MR) is 81.1 cm³/mol. The second kappa shape index (κ2) is 6.02. The van der Waals surface area contributed by atoms with E-state index < -0.39 is 20.7 Å². The van der Waals surface area contributed by atoms with Gasteiger partial charge in [0.1, 0.15) is 16.3 Å². The van der Waals surface area contributed by atoms with Crippen LogP contribution < -0.4 is 9.92 Å². The minimum absolute atomic E-state index is 0.0239. The smallest absolute Gasteiger partial charge is 0.339 e. The molecule has 8 heteroatoms. The van der Waals surface area contributed by atoms with E-state index in [-0.39, 0.29) is 16.3 Å². The number of hydrogen-bond donors (Lipinski definition) is 1. The zero-order chi connectivity index (χ0) is 16.3. The van der Waals surface area contributed by atoms with Gasteiger partial charge in [0.15, 0.2) is 0 Å². The highest BCUT2D eigenvalue weighted by Crippen LogP contribution is 2.28. The van der Waals surface area contributed by atoms with Gasteiger partial charge in [-0.3, -0.25) is 10.1 Å². The van der Waals surface area contributed by atoms with Crippen molar-refractivity contribution in [2.45, 2.75) is 18.2 Å². The molecule has 2 rings (SSSR count). The zero-order valence-corrected chi connectivity index (χ0v) is 12.5. The Kier molecular flexibility index (Phi) is 4.32. The number of hydrogen-bond acceptors (Lipinski definition) is 6. The monoisotopic (exact) mass is 322 g/mol. The van der Waals surface area contributed by atoms with Gasteiger partial charge in [0.25, 0.3) is 5.69 Å². The van der Waals surface area contributed by atoms with Crippen LogP contribution in [-0.2, 0) is 16.5 Å². The molecule has 0 saturated heterocycles. The third-order valence-electron chi connectivity index (χ3n) is 3.02. The molecule has 0 bridgehead atoms. The number of nitro groups is 1. The summed E-state index contributed by atoms with van der Waals surface area (Å²) in [6.45, 7) is 1.95. The van der Waals surface area contributed by atoms with E-state index in [4.69, 9.17) is 9.92 Å². The molecule has 0 aromatic heterocycles. The summed E-state index contributed by atoms with van der Waals surface area (Å²) >= 11 is 0. The average molecular weight is 322 g/mol. The largest absolute Gasteiger partial charge is 0.393 e. The molecule has 0 aliphatic rings. The summed E-state index contributed by atoms with van der Waals surface area (Å²) in [7, 11) is -4.06. The van der Waals surface area contributed by atoms with Gasteiger partial charge < -0.3 is 9.92 Å². The van der Waals surface area contributed by atoms with E-state index >= 15 is 0 Å². The van der Waals surface area contributed by atoms with Gasteiger partial charge in [-0.2, -0.15) is 8.42 Å². The molecule has 0 radical (unpaired) electrons. The lowest BCUT2D eigenvalue weighted by Crippen LogP contribution is -2.10. The van der Waals surface area contributed by atoms with Crippen LogP contribution in [-0.4, -0.2) is 13.3 Å². The first-order valence-corrected chi connectivity index (χ1v) is 7.81. The molecule has 2 N–H and O–H groups in total. The van der Waals surface area contributed by atoms with Crippen LogP contribution in [0.4, 0.5) is 11.4 Å². The first-order valence-electron chi connectivity index (χ1n) is 6.41. The Labute approximate surface area is 127 Å². The zero-order valence-electron chi connectivity index (χ0n) is 11.7. The Bertz CT molecular complexity index is 800. The SMILES string of the molecule is CCc1ccc(S(=O)(=O)Oc2ccc(N)c([N+](=O)[O-])c2)cc1. The fourth-order valence-corrected chi connectivity index (χ4v) is 2.72. The van der Waals surface area contributed by atoms with Crippen molar-refractivity contribution in [3.8, 4) is 5.75 Å². The molecule has 0 unspecified atom stereocenters. The van der Waals surface area contributed by atoms with Crippen molar-refractivity contribution < 1.29 is 17.5 Å². The number of nitrogens with two attached hydrogens (primary N) is 1. The van der Waals surface area contributed by atoms with Crippen LogP contribution in [0.25, 0.3) is 0 Å². The van der Waals surface area contributed by atoms with Crippen LogP contribution in [0, 0.1) is 10.1 Å². The van der Waals surface area contributed by atoms with Crippen molar-refractivity contribution in [2.75, 3.05) is 5.73 Å². The van der Waals surface area contributed by atoms with Gasteiger partial charge in [-0.05, 0) is 36.2 Å². The van der Waals surface area contributed by atoms with Crippen LogP contribution in [0.2, 0.25) is 0 Å². The van der Waals surface area contributed by atoms with Crippen molar-refractivity contribution >= 4 is 21.5 Å². The summed E-state index contributed by atoms with van der Waals surface area (Å²) in [5, 5.41) is 10.8. The van der Waals surface area contributed by atoms with E-state index in [1.807, 2.05) is 6.92 Å². The number of nitrogen functional groups attached to an aromatic ring is 1. The lowest BCUT2D eigenvalue weighted by atomic mass is 10.2. The quantitative estimate of drug-likeness (QED) is 0.392. The van der Waals surface area contributed by atoms with Gasteiger partial charge in [0, 0.05) is 0 Å². The summed E-state index contributed by atoms with van der Waals surface area (Å²) in [6.07, 6.45) is 0.783. The van der Waals surface area contributed by atoms with E-state index in [1.54, 1.807) is 12.1 Å². The van der Waals surface area contributed by atoms with Gasteiger partial charge >= 0.3 is 10.1 Å². The van der Waals surface area contributed by atoms with E-state index in [0.29, 0.717) is 0 Å². The topological polar surface area (TPSA) is 113 Å². The molecule has 0 fully saturated rings. The number of aryl methyl sites for hydroxylation is 1. The molecule has 0 heterocycles. The second-order valence-corrected chi connectivity index (χ2v) is 6.06. The van der Waals surface area contributed by atoms with Crippen LogP contribution in [0.5, 0.6) is 5.75 Å². The van der Waals surface area contributed by atoms with Gasteiger partial charge in [-0.1, -0.05) is 19.1 Å². The molecular formula is C14H14N2O5S. The summed E-state index contributed by atoms with van der Waals surface area (Å²) < 4.78 is 29.2. The third kappa shape index (κ3) is 3.34. The van der Waals surface area contributed by atoms with Crippen molar-refractivity contribution in [3.05, 3.63) is 58.1 Å². The van der Waals surface area contributed by atoms with Gasteiger partial charge in [-0.15, -0.1) is 0 Å². The fraction of sp³-hybridized carbons (Fsp3) is 0.143. The maximum Gasteiger partial charge on any atom is 0.339 e. The van der Waals surface area contributed by atoms with E-state index in [1.165, 1.54) is 24.3 Å². The van der Waals surface area contributed by atoms with Gasteiger partial charge in [0.05, 0.1) is 11.0 Å². The normalized spacial score (nSPS) is 11.1.